The van der Waals surface area contributed by atoms with E-state index in [2.05, 4.69) is 4.74 Å². The van der Waals surface area contributed by atoms with Gasteiger partial charge in [-0.2, -0.15) is 0 Å². The van der Waals surface area contributed by atoms with E-state index in [9.17, 15) is 9.59 Å². The van der Waals surface area contributed by atoms with Crippen molar-refractivity contribution in [1.82, 2.24) is 4.90 Å². The van der Waals surface area contributed by atoms with Crippen LogP contribution in [-0.4, -0.2) is 44.1 Å². The maximum absolute atomic E-state index is 11.8. The number of likely N-dealkylation sites (N-methyl/N-ethyl adjacent to an activating group) is 1. The molecule has 0 heterocycles. The number of nitrogens with zero attached hydrogens (tertiary/aromatic N) is 1. The second-order valence-corrected chi connectivity index (χ2v) is 4.30. The van der Waals surface area contributed by atoms with E-state index >= 15 is 0 Å². The van der Waals surface area contributed by atoms with Gasteiger partial charge < -0.3 is 14.4 Å². The zero-order valence-corrected chi connectivity index (χ0v) is 11.5. The zero-order valence-electron chi connectivity index (χ0n) is 11.5. The van der Waals surface area contributed by atoms with Gasteiger partial charge in [-0.05, 0) is 12.1 Å². The van der Waals surface area contributed by atoms with E-state index in [1.165, 1.54) is 12.0 Å². The Morgan fingerprint density at radius 3 is 2.47 bits per heavy atom. The molecule has 1 unspecified atom stereocenters. The highest BCUT2D eigenvalue weighted by atomic mass is 16.5. The van der Waals surface area contributed by atoms with E-state index < -0.39 is 0 Å². The third kappa shape index (κ3) is 4.99. The van der Waals surface area contributed by atoms with Crippen molar-refractivity contribution in [3.63, 3.8) is 0 Å². The van der Waals surface area contributed by atoms with Gasteiger partial charge in [0, 0.05) is 13.6 Å². The average molecular weight is 265 g/mol. The predicted molar refractivity (Wildman–Crippen MR) is 70.8 cm³/mol. The molecule has 0 saturated heterocycles. The lowest BCUT2D eigenvalue weighted by atomic mass is 10.2. The number of methoxy groups -OCH3 is 1. The number of rotatable bonds is 6. The van der Waals surface area contributed by atoms with Crippen LogP contribution in [0.3, 0.4) is 0 Å². The molecular formula is C14H19NO4. The van der Waals surface area contributed by atoms with E-state index in [1.807, 2.05) is 18.2 Å². The summed E-state index contributed by atoms with van der Waals surface area (Å²) in [5.41, 5.74) is 0. The molecule has 0 bridgehead atoms. The van der Waals surface area contributed by atoms with Gasteiger partial charge in [0.2, 0.25) is 0 Å². The lowest BCUT2D eigenvalue weighted by molar-refractivity contribution is -0.146. The number of para-hydroxylation sites is 1. The second kappa shape index (κ2) is 7.41. The molecule has 0 N–H and O–H groups in total. The number of amides is 1. The van der Waals surface area contributed by atoms with Gasteiger partial charge in [0.15, 0.2) is 6.61 Å². The number of carbonyl (C=O) groups excluding carboxylic acids is 2. The maximum Gasteiger partial charge on any atom is 0.310 e. The molecule has 104 valence electrons. The molecule has 1 atom stereocenters. The number of hydrogen-bond acceptors (Lipinski definition) is 4. The van der Waals surface area contributed by atoms with E-state index in [1.54, 1.807) is 26.1 Å². The molecule has 5 heteroatoms. The molecule has 0 radical (unpaired) electrons. The van der Waals surface area contributed by atoms with Crippen LogP contribution in [0.2, 0.25) is 0 Å². The molecule has 0 aliphatic rings. The summed E-state index contributed by atoms with van der Waals surface area (Å²) < 4.78 is 9.96. The van der Waals surface area contributed by atoms with Gasteiger partial charge in [-0.25, -0.2) is 0 Å². The van der Waals surface area contributed by atoms with Crippen molar-refractivity contribution in [1.29, 1.82) is 0 Å². The van der Waals surface area contributed by atoms with Crippen molar-refractivity contribution in [2.75, 3.05) is 27.3 Å². The van der Waals surface area contributed by atoms with E-state index in [0.29, 0.717) is 12.3 Å². The van der Waals surface area contributed by atoms with Gasteiger partial charge in [-0.3, -0.25) is 9.59 Å². The van der Waals surface area contributed by atoms with E-state index in [0.717, 1.165) is 0 Å². The quantitative estimate of drug-likeness (QED) is 0.728. The third-order valence-corrected chi connectivity index (χ3v) is 2.68. The number of hydrogen-bond donors (Lipinski definition) is 0. The third-order valence-electron chi connectivity index (χ3n) is 2.68. The summed E-state index contributed by atoms with van der Waals surface area (Å²) in [6.07, 6.45) is 0. The number of esters is 1. The van der Waals surface area contributed by atoms with Crippen LogP contribution in [0.4, 0.5) is 0 Å². The van der Waals surface area contributed by atoms with E-state index in [-0.39, 0.29) is 24.4 Å². The SMILES string of the molecule is COC(=O)C(C)CN(C)C(=O)COc1ccccc1. The fourth-order valence-corrected chi connectivity index (χ4v) is 1.56. The first kappa shape index (κ1) is 15.0. The lowest BCUT2D eigenvalue weighted by Gasteiger charge is -2.20. The van der Waals surface area contributed by atoms with Crippen LogP contribution in [0.1, 0.15) is 6.92 Å². The normalized spacial score (nSPS) is 11.5. The molecule has 0 spiro atoms. The number of ether oxygens (including phenoxy) is 2. The van der Waals surface area contributed by atoms with Crippen LogP contribution in [0, 0.1) is 5.92 Å². The van der Waals surface area contributed by atoms with Crippen LogP contribution in [-0.2, 0) is 14.3 Å². The molecule has 1 aromatic rings. The Labute approximate surface area is 113 Å². The van der Waals surface area contributed by atoms with E-state index in [4.69, 9.17) is 4.74 Å². The van der Waals surface area contributed by atoms with Crippen molar-refractivity contribution >= 4 is 11.9 Å². The van der Waals surface area contributed by atoms with Crippen LogP contribution >= 0.6 is 0 Å². The van der Waals surface area contributed by atoms with Gasteiger partial charge in [0.1, 0.15) is 5.75 Å². The molecule has 1 aromatic carbocycles. The van der Waals surface area contributed by atoms with Gasteiger partial charge >= 0.3 is 5.97 Å². The Balaban J connectivity index is 2.39. The monoisotopic (exact) mass is 265 g/mol. The lowest BCUT2D eigenvalue weighted by Crippen LogP contribution is -2.36. The summed E-state index contributed by atoms with van der Waals surface area (Å²) >= 11 is 0. The summed E-state index contributed by atoms with van der Waals surface area (Å²) in [7, 11) is 2.97. The molecule has 1 rings (SSSR count). The fraction of sp³-hybridized carbons (Fsp3) is 0.429. The number of carbonyl (C=O) groups is 2. The van der Waals surface area contributed by atoms with Crippen molar-refractivity contribution in [2.45, 2.75) is 6.92 Å². The molecule has 0 aromatic heterocycles. The second-order valence-electron chi connectivity index (χ2n) is 4.30. The van der Waals surface area contributed by atoms with Gasteiger partial charge in [0.25, 0.3) is 5.91 Å². The maximum atomic E-state index is 11.8. The highest BCUT2D eigenvalue weighted by Crippen LogP contribution is 2.08. The average Bonchev–Trinajstić information content (AvgIpc) is 2.44. The largest absolute Gasteiger partial charge is 0.484 e. The van der Waals surface area contributed by atoms with Crippen LogP contribution in [0.15, 0.2) is 30.3 Å². The van der Waals surface area contributed by atoms with Crippen molar-refractivity contribution < 1.29 is 19.1 Å². The minimum atomic E-state index is -0.351. The first-order valence-electron chi connectivity index (χ1n) is 6.04. The topological polar surface area (TPSA) is 55.8 Å². The van der Waals surface area contributed by atoms with Crippen molar-refractivity contribution in [2.24, 2.45) is 5.92 Å². The number of benzene rings is 1. The molecular weight excluding hydrogens is 246 g/mol. The molecule has 0 aliphatic heterocycles. The molecule has 0 aliphatic carbocycles. The Morgan fingerprint density at radius 2 is 1.89 bits per heavy atom. The predicted octanol–water partition coefficient (Wildman–Crippen LogP) is 1.33. The molecule has 19 heavy (non-hydrogen) atoms. The highest BCUT2D eigenvalue weighted by Gasteiger charge is 2.18. The zero-order chi connectivity index (χ0) is 14.3. The summed E-state index contributed by atoms with van der Waals surface area (Å²) in [4.78, 5) is 24.5. The Hall–Kier alpha value is -2.04. The van der Waals surface area contributed by atoms with Crippen LogP contribution in [0.25, 0.3) is 0 Å². The summed E-state index contributed by atoms with van der Waals surface area (Å²) in [6, 6.07) is 9.11. The summed E-state index contributed by atoms with van der Waals surface area (Å²) in [5.74, 6) is -0.218. The fourth-order valence-electron chi connectivity index (χ4n) is 1.56. The molecule has 0 fully saturated rings. The van der Waals surface area contributed by atoms with Gasteiger partial charge in [0.05, 0.1) is 13.0 Å². The Morgan fingerprint density at radius 1 is 1.26 bits per heavy atom. The molecule has 1 amide bonds. The minimum absolute atomic E-state index is 0.0472. The first-order chi connectivity index (χ1) is 9.04. The summed E-state index contributed by atoms with van der Waals surface area (Å²) in [6.45, 7) is 1.98. The van der Waals surface area contributed by atoms with Crippen LogP contribution in [0.5, 0.6) is 5.75 Å². The van der Waals surface area contributed by atoms with Crippen molar-refractivity contribution in [3.8, 4) is 5.75 Å². The highest BCUT2D eigenvalue weighted by molar-refractivity contribution is 5.78. The first-order valence-corrected chi connectivity index (χ1v) is 6.04. The van der Waals surface area contributed by atoms with Crippen molar-refractivity contribution in [3.05, 3.63) is 30.3 Å². The molecule has 0 saturated carbocycles. The minimum Gasteiger partial charge on any atom is -0.484 e. The van der Waals surface area contributed by atoms with Gasteiger partial charge in [-0.15, -0.1) is 0 Å². The van der Waals surface area contributed by atoms with Gasteiger partial charge in [-0.1, -0.05) is 25.1 Å². The standard InChI is InChI=1S/C14H19NO4/c1-11(14(17)18-3)9-15(2)13(16)10-19-12-7-5-4-6-8-12/h4-8,11H,9-10H2,1-3H3. The Bertz CT molecular complexity index is 419. The van der Waals surface area contributed by atoms with Crippen LogP contribution < -0.4 is 4.74 Å². The summed E-state index contributed by atoms with van der Waals surface area (Å²) in [5, 5.41) is 0. The molecule has 5 nitrogen and oxygen atoms in total. The smallest absolute Gasteiger partial charge is 0.310 e. The Kier molecular flexibility index (Phi) is 5.85.